The highest BCUT2D eigenvalue weighted by Gasteiger charge is 2.34. The van der Waals surface area contributed by atoms with Crippen LogP contribution >= 0.6 is 0 Å². The number of carbonyl (C=O) groups is 2. The van der Waals surface area contributed by atoms with Crippen molar-refractivity contribution >= 4 is 17.8 Å². The number of aromatic nitrogens is 2. The normalized spacial score (nSPS) is 21.9. The molecule has 114 valence electrons. The van der Waals surface area contributed by atoms with Gasteiger partial charge in [0.1, 0.15) is 6.04 Å². The lowest BCUT2D eigenvalue weighted by molar-refractivity contribution is -0.152. The van der Waals surface area contributed by atoms with Crippen LogP contribution in [-0.2, 0) is 9.59 Å². The van der Waals surface area contributed by atoms with E-state index < -0.39 is 12.0 Å². The summed E-state index contributed by atoms with van der Waals surface area (Å²) in [7, 11) is 1.72. The number of carbonyl (C=O) groups excluding carboxylic acids is 1. The first-order valence-electron chi connectivity index (χ1n) is 6.99. The molecule has 0 aromatic carbocycles. The number of likely N-dealkylation sites (N-methyl/N-ethyl adjacent to an activating group) is 1. The van der Waals surface area contributed by atoms with E-state index in [0.29, 0.717) is 24.8 Å². The molecule has 1 N–H and O–H groups in total. The summed E-state index contributed by atoms with van der Waals surface area (Å²) in [5.74, 6) is -0.369. The van der Waals surface area contributed by atoms with Gasteiger partial charge in [0, 0.05) is 26.0 Å². The minimum absolute atomic E-state index is 0.0716. The Balaban J connectivity index is 2.03. The number of aliphatic carboxylic acids is 1. The summed E-state index contributed by atoms with van der Waals surface area (Å²) >= 11 is 0. The summed E-state index contributed by atoms with van der Waals surface area (Å²) in [6.07, 6.45) is 4.55. The molecule has 2 heterocycles. The van der Waals surface area contributed by atoms with E-state index in [1.807, 2.05) is 6.92 Å². The molecule has 0 spiro atoms. The van der Waals surface area contributed by atoms with Crippen LogP contribution in [0.4, 0.5) is 5.95 Å². The van der Waals surface area contributed by atoms with Gasteiger partial charge in [0.2, 0.25) is 11.9 Å². The number of carboxylic acids is 1. The first kappa shape index (κ1) is 15.2. The smallest absolute Gasteiger partial charge is 0.326 e. The number of carboxylic acid groups (broad SMARTS) is 1. The summed E-state index contributed by atoms with van der Waals surface area (Å²) in [4.78, 5) is 34.9. The molecule has 2 unspecified atom stereocenters. The van der Waals surface area contributed by atoms with Crippen LogP contribution in [0.25, 0.3) is 0 Å². The fourth-order valence-electron chi connectivity index (χ4n) is 2.53. The molecule has 2 atom stereocenters. The third kappa shape index (κ3) is 3.68. The topological polar surface area (TPSA) is 86.6 Å². The van der Waals surface area contributed by atoms with Gasteiger partial charge in [-0.1, -0.05) is 6.92 Å². The van der Waals surface area contributed by atoms with Crippen molar-refractivity contribution in [2.75, 3.05) is 25.0 Å². The zero-order valence-corrected chi connectivity index (χ0v) is 12.3. The van der Waals surface area contributed by atoms with E-state index in [1.54, 1.807) is 30.4 Å². The third-order valence-corrected chi connectivity index (χ3v) is 3.74. The molecular weight excluding hydrogens is 272 g/mol. The van der Waals surface area contributed by atoms with Gasteiger partial charge >= 0.3 is 5.97 Å². The molecule has 21 heavy (non-hydrogen) atoms. The van der Waals surface area contributed by atoms with E-state index in [9.17, 15) is 14.7 Å². The van der Waals surface area contributed by atoms with Gasteiger partial charge in [0.25, 0.3) is 0 Å². The quantitative estimate of drug-likeness (QED) is 0.875. The van der Waals surface area contributed by atoms with E-state index in [1.165, 1.54) is 4.90 Å². The lowest BCUT2D eigenvalue weighted by Crippen LogP contribution is -2.52. The van der Waals surface area contributed by atoms with Crippen LogP contribution in [0.1, 0.15) is 19.8 Å². The van der Waals surface area contributed by atoms with Gasteiger partial charge in [-0.15, -0.1) is 0 Å². The molecule has 0 radical (unpaired) electrons. The van der Waals surface area contributed by atoms with Crippen LogP contribution in [0.5, 0.6) is 0 Å². The van der Waals surface area contributed by atoms with Gasteiger partial charge in [-0.3, -0.25) is 4.79 Å². The predicted molar refractivity (Wildman–Crippen MR) is 76.8 cm³/mol. The maximum atomic E-state index is 12.4. The van der Waals surface area contributed by atoms with Crippen LogP contribution in [0.2, 0.25) is 0 Å². The van der Waals surface area contributed by atoms with Crippen LogP contribution in [0.3, 0.4) is 0 Å². The Labute approximate surface area is 123 Å². The van der Waals surface area contributed by atoms with Gasteiger partial charge in [-0.05, 0) is 24.8 Å². The van der Waals surface area contributed by atoms with E-state index in [2.05, 4.69) is 9.97 Å². The molecule has 1 aliphatic rings. The molecule has 1 saturated heterocycles. The molecule has 1 fully saturated rings. The van der Waals surface area contributed by atoms with Crippen LogP contribution in [0, 0.1) is 5.92 Å². The summed E-state index contributed by atoms with van der Waals surface area (Å²) < 4.78 is 0. The number of likely N-dealkylation sites (tertiary alicyclic amines) is 1. The average Bonchev–Trinajstić information content (AvgIpc) is 2.47. The fraction of sp³-hybridized carbons (Fsp3) is 0.571. The minimum Gasteiger partial charge on any atom is -0.480 e. The largest absolute Gasteiger partial charge is 0.480 e. The SMILES string of the molecule is CC1CCN(C(=O)CN(C)c2ncccn2)C(C(=O)O)C1. The van der Waals surface area contributed by atoms with Gasteiger partial charge in [0.15, 0.2) is 0 Å². The van der Waals surface area contributed by atoms with Crippen molar-refractivity contribution in [3.8, 4) is 0 Å². The average molecular weight is 292 g/mol. The highest BCUT2D eigenvalue weighted by atomic mass is 16.4. The number of amides is 1. The van der Waals surface area contributed by atoms with E-state index in [0.717, 1.165) is 6.42 Å². The number of nitrogens with zero attached hydrogens (tertiary/aromatic N) is 4. The summed E-state index contributed by atoms with van der Waals surface area (Å²) in [6.45, 7) is 2.57. The van der Waals surface area contributed by atoms with Crippen molar-refractivity contribution in [1.82, 2.24) is 14.9 Å². The van der Waals surface area contributed by atoms with Gasteiger partial charge < -0.3 is 14.9 Å². The molecule has 2 rings (SSSR count). The molecule has 1 amide bonds. The van der Waals surface area contributed by atoms with Crippen molar-refractivity contribution in [2.45, 2.75) is 25.8 Å². The zero-order valence-electron chi connectivity index (χ0n) is 12.3. The van der Waals surface area contributed by atoms with Crippen LogP contribution in [0.15, 0.2) is 18.5 Å². The zero-order chi connectivity index (χ0) is 15.4. The number of rotatable bonds is 4. The first-order valence-corrected chi connectivity index (χ1v) is 6.99. The molecule has 7 nitrogen and oxygen atoms in total. The second-order valence-corrected chi connectivity index (χ2v) is 5.48. The third-order valence-electron chi connectivity index (χ3n) is 3.74. The molecule has 1 aliphatic heterocycles. The molecule has 0 bridgehead atoms. The molecule has 1 aromatic heterocycles. The number of hydrogen-bond donors (Lipinski definition) is 1. The van der Waals surface area contributed by atoms with Crippen LogP contribution < -0.4 is 4.90 Å². The number of piperidine rings is 1. The van der Waals surface area contributed by atoms with Crippen LogP contribution in [-0.4, -0.2) is 58.0 Å². The maximum absolute atomic E-state index is 12.4. The number of hydrogen-bond acceptors (Lipinski definition) is 5. The highest BCUT2D eigenvalue weighted by molar-refractivity contribution is 5.86. The van der Waals surface area contributed by atoms with Crippen molar-refractivity contribution in [2.24, 2.45) is 5.92 Å². The van der Waals surface area contributed by atoms with E-state index >= 15 is 0 Å². The van der Waals surface area contributed by atoms with Crippen molar-refractivity contribution in [3.05, 3.63) is 18.5 Å². The van der Waals surface area contributed by atoms with Crippen molar-refractivity contribution < 1.29 is 14.7 Å². The summed E-state index contributed by atoms with van der Waals surface area (Å²) in [5, 5.41) is 9.29. The Morgan fingerprint density at radius 1 is 1.43 bits per heavy atom. The lowest BCUT2D eigenvalue weighted by atomic mass is 9.92. The molecule has 0 saturated carbocycles. The van der Waals surface area contributed by atoms with Crippen molar-refractivity contribution in [1.29, 1.82) is 0 Å². The Morgan fingerprint density at radius 3 is 2.71 bits per heavy atom. The standard InChI is InChI=1S/C14H20N4O3/c1-10-4-7-18(11(8-10)13(20)21)12(19)9-17(2)14-15-5-3-6-16-14/h3,5-6,10-11H,4,7-9H2,1-2H3,(H,20,21). The lowest BCUT2D eigenvalue weighted by Gasteiger charge is -2.36. The Hall–Kier alpha value is -2.18. The predicted octanol–water partition coefficient (Wildman–Crippen LogP) is 0.624. The van der Waals surface area contributed by atoms with Crippen molar-refractivity contribution in [3.63, 3.8) is 0 Å². The second kappa shape index (κ2) is 6.51. The van der Waals surface area contributed by atoms with E-state index in [4.69, 9.17) is 0 Å². The summed E-state index contributed by atoms with van der Waals surface area (Å²) in [5.41, 5.74) is 0. The fourth-order valence-corrected chi connectivity index (χ4v) is 2.53. The Kier molecular flexibility index (Phi) is 4.72. The minimum atomic E-state index is -0.937. The van der Waals surface area contributed by atoms with Gasteiger partial charge in [-0.2, -0.15) is 0 Å². The molecule has 7 heteroatoms. The first-order chi connectivity index (χ1) is 9.99. The second-order valence-electron chi connectivity index (χ2n) is 5.48. The monoisotopic (exact) mass is 292 g/mol. The van der Waals surface area contributed by atoms with Gasteiger partial charge in [0.05, 0.1) is 6.54 Å². The molecule has 0 aliphatic carbocycles. The molecule has 1 aromatic rings. The summed E-state index contributed by atoms with van der Waals surface area (Å²) in [6, 6.07) is 0.970. The Bertz CT molecular complexity index is 508. The number of anilines is 1. The maximum Gasteiger partial charge on any atom is 0.326 e. The van der Waals surface area contributed by atoms with Gasteiger partial charge in [-0.25, -0.2) is 14.8 Å². The van der Waals surface area contributed by atoms with E-state index in [-0.39, 0.29) is 12.5 Å². The Morgan fingerprint density at radius 2 is 2.10 bits per heavy atom. The highest BCUT2D eigenvalue weighted by Crippen LogP contribution is 2.23. The molecular formula is C14H20N4O3.